The van der Waals surface area contributed by atoms with Crippen molar-refractivity contribution in [2.75, 3.05) is 20.8 Å². The SMILES string of the molecule is COC(=O)CCOc1c(CNC(C)C)cc(Cl)cc1OC. The van der Waals surface area contributed by atoms with Gasteiger partial charge < -0.3 is 19.5 Å². The van der Waals surface area contributed by atoms with E-state index in [4.69, 9.17) is 21.1 Å². The number of rotatable bonds is 8. The van der Waals surface area contributed by atoms with E-state index in [0.717, 1.165) is 5.56 Å². The minimum Gasteiger partial charge on any atom is -0.493 e. The number of carbonyl (C=O) groups excluding carboxylic acids is 1. The van der Waals surface area contributed by atoms with Gasteiger partial charge in [-0.2, -0.15) is 0 Å². The fourth-order valence-electron chi connectivity index (χ4n) is 1.72. The maximum absolute atomic E-state index is 11.1. The molecule has 0 aliphatic carbocycles. The Labute approximate surface area is 130 Å². The fourth-order valence-corrected chi connectivity index (χ4v) is 1.95. The summed E-state index contributed by atoms with van der Waals surface area (Å²) >= 11 is 6.09. The molecule has 1 N–H and O–H groups in total. The predicted molar refractivity (Wildman–Crippen MR) is 82.1 cm³/mol. The van der Waals surface area contributed by atoms with Crippen LogP contribution in [0.2, 0.25) is 5.02 Å². The molecule has 0 atom stereocenters. The quantitative estimate of drug-likeness (QED) is 0.748. The van der Waals surface area contributed by atoms with Crippen molar-refractivity contribution in [2.24, 2.45) is 0 Å². The highest BCUT2D eigenvalue weighted by atomic mass is 35.5. The van der Waals surface area contributed by atoms with Crippen LogP contribution in [0.5, 0.6) is 11.5 Å². The van der Waals surface area contributed by atoms with Crippen molar-refractivity contribution >= 4 is 17.6 Å². The zero-order chi connectivity index (χ0) is 15.8. The van der Waals surface area contributed by atoms with Gasteiger partial charge >= 0.3 is 5.97 Å². The predicted octanol–water partition coefficient (Wildman–Crippen LogP) is 2.79. The molecule has 0 spiro atoms. The molecule has 0 unspecified atom stereocenters. The van der Waals surface area contributed by atoms with Gasteiger partial charge in [0, 0.05) is 29.2 Å². The van der Waals surface area contributed by atoms with Gasteiger partial charge in [0.15, 0.2) is 11.5 Å². The van der Waals surface area contributed by atoms with Gasteiger partial charge in [-0.25, -0.2) is 0 Å². The van der Waals surface area contributed by atoms with Crippen LogP contribution in [0.15, 0.2) is 12.1 Å². The van der Waals surface area contributed by atoms with Crippen molar-refractivity contribution in [3.05, 3.63) is 22.7 Å². The molecule has 0 aromatic heterocycles. The summed E-state index contributed by atoms with van der Waals surface area (Å²) < 4.78 is 15.6. The number of hydrogen-bond donors (Lipinski definition) is 1. The highest BCUT2D eigenvalue weighted by Crippen LogP contribution is 2.35. The Morgan fingerprint density at radius 3 is 2.62 bits per heavy atom. The number of esters is 1. The zero-order valence-electron chi connectivity index (χ0n) is 12.9. The van der Waals surface area contributed by atoms with Gasteiger partial charge in [0.25, 0.3) is 0 Å². The van der Waals surface area contributed by atoms with Crippen molar-refractivity contribution in [2.45, 2.75) is 32.9 Å². The first-order valence-corrected chi connectivity index (χ1v) is 7.15. The molecule has 5 nitrogen and oxygen atoms in total. The third-order valence-electron chi connectivity index (χ3n) is 2.80. The number of halogens is 1. The molecular weight excluding hydrogens is 294 g/mol. The average Bonchev–Trinajstić information content (AvgIpc) is 2.45. The smallest absolute Gasteiger partial charge is 0.308 e. The summed E-state index contributed by atoms with van der Waals surface area (Å²) in [5.41, 5.74) is 0.887. The van der Waals surface area contributed by atoms with E-state index in [0.29, 0.717) is 29.1 Å². The second-order valence-corrected chi connectivity index (χ2v) is 5.24. The van der Waals surface area contributed by atoms with Crippen LogP contribution in [-0.4, -0.2) is 32.8 Å². The summed E-state index contributed by atoms with van der Waals surface area (Å²) in [4.78, 5) is 11.1. The number of benzene rings is 1. The molecule has 0 aliphatic rings. The number of methoxy groups -OCH3 is 2. The Bertz CT molecular complexity index is 477. The Balaban J connectivity index is 2.88. The van der Waals surface area contributed by atoms with Gasteiger partial charge in [-0.15, -0.1) is 0 Å². The molecule has 1 rings (SSSR count). The third kappa shape index (κ3) is 5.81. The molecule has 0 saturated heterocycles. The fraction of sp³-hybridized carbons (Fsp3) is 0.533. The van der Waals surface area contributed by atoms with E-state index in [1.54, 1.807) is 13.2 Å². The molecule has 1 aromatic carbocycles. The first-order valence-electron chi connectivity index (χ1n) is 6.77. The van der Waals surface area contributed by atoms with Gasteiger partial charge in [-0.1, -0.05) is 25.4 Å². The van der Waals surface area contributed by atoms with Crippen LogP contribution >= 0.6 is 11.6 Å². The molecule has 1 aromatic rings. The molecule has 0 amide bonds. The largest absolute Gasteiger partial charge is 0.493 e. The van der Waals surface area contributed by atoms with Gasteiger partial charge in [-0.3, -0.25) is 4.79 Å². The molecule has 6 heteroatoms. The van der Waals surface area contributed by atoms with E-state index >= 15 is 0 Å². The Morgan fingerprint density at radius 1 is 1.33 bits per heavy atom. The second-order valence-electron chi connectivity index (χ2n) is 4.81. The highest BCUT2D eigenvalue weighted by Gasteiger charge is 2.14. The van der Waals surface area contributed by atoms with E-state index in [-0.39, 0.29) is 19.0 Å². The Kier molecular flexibility index (Phi) is 7.32. The van der Waals surface area contributed by atoms with Gasteiger partial charge in [0.2, 0.25) is 0 Å². The summed E-state index contributed by atoms with van der Waals surface area (Å²) in [6, 6.07) is 3.85. The van der Waals surface area contributed by atoms with Crippen molar-refractivity contribution in [3.63, 3.8) is 0 Å². The molecule has 0 heterocycles. The molecule has 21 heavy (non-hydrogen) atoms. The van der Waals surface area contributed by atoms with Gasteiger partial charge in [0.1, 0.15) is 0 Å². The summed E-state index contributed by atoms with van der Waals surface area (Å²) in [6.07, 6.45) is 0.180. The second kappa shape index (κ2) is 8.74. The monoisotopic (exact) mass is 315 g/mol. The zero-order valence-corrected chi connectivity index (χ0v) is 13.6. The third-order valence-corrected chi connectivity index (χ3v) is 3.02. The van der Waals surface area contributed by atoms with E-state index in [2.05, 4.69) is 23.9 Å². The van der Waals surface area contributed by atoms with Crippen molar-refractivity contribution < 1.29 is 19.0 Å². The van der Waals surface area contributed by atoms with Crippen LogP contribution in [0.1, 0.15) is 25.8 Å². The maximum atomic E-state index is 11.1. The minimum atomic E-state index is -0.315. The summed E-state index contributed by atoms with van der Waals surface area (Å²) in [7, 11) is 2.90. The molecule has 118 valence electrons. The summed E-state index contributed by atoms with van der Waals surface area (Å²) in [6.45, 7) is 4.93. The molecule has 0 radical (unpaired) electrons. The van der Waals surface area contributed by atoms with Gasteiger partial charge in [-0.05, 0) is 6.07 Å². The lowest BCUT2D eigenvalue weighted by Crippen LogP contribution is -2.22. The molecule has 0 fully saturated rings. The van der Waals surface area contributed by atoms with E-state index in [1.807, 2.05) is 6.07 Å². The lowest BCUT2D eigenvalue weighted by molar-refractivity contribution is -0.141. The lowest BCUT2D eigenvalue weighted by Gasteiger charge is -2.17. The van der Waals surface area contributed by atoms with E-state index in [9.17, 15) is 4.79 Å². The highest BCUT2D eigenvalue weighted by molar-refractivity contribution is 6.30. The van der Waals surface area contributed by atoms with Crippen LogP contribution in [-0.2, 0) is 16.1 Å². The van der Waals surface area contributed by atoms with Crippen molar-refractivity contribution in [3.8, 4) is 11.5 Å². The summed E-state index contributed by atoms with van der Waals surface area (Å²) in [5.74, 6) is 0.830. The van der Waals surface area contributed by atoms with Crippen molar-refractivity contribution in [1.29, 1.82) is 0 Å². The number of nitrogens with one attached hydrogen (secondary N) is 1. The normalized spacial score (nSPS) is 10.6. The summed E-state index contributed by atoms with van der Waals surface area (Å²) in [5, 5.41) is 3.88. The maximum Gasteiger partial charge on any atom is 0.308 e. The molecular formula is C15H22ClNO4. The van der Waals surface area contributed by atoms with Crippen LogP contribution in [0.25, 0.3) is 0 Å². The molecule has 0 saturated carbocycles. The minimum absolute atomic E-state index is 0.180. The Morgan fingerprint density at radius 2 is 2.05 bits per heavy atom. The first kappa shape index (κ1) is 17.6. The van der Waals surface area contributed by atoms with Crippen LogP contribution in [0.4, 0.5) is 0 Å². The molecule has 0 bridgehead atoms. The van der Waals surface area contributed by atoms with Crippen LogP contribution < -0.4 is 14.8 Å². The van der Waals surface area contributed by atoms with Crippen molar-refractivity contribution in [1.82, 2.24) is 5.32 Å². The molecule has 0 aliphatic heterocycles. The van der Waals surface area contributed by atoms with Crippen LogP contribution in [0.3, 0.4) is 0 Å². The van der Waals surface area contributed by atoms with E-state index < -0.39 is 0 Å². The first-order chi connectivity index (χ1) is 9.97. The standard InChI is InChI=1S/C15H22ClNO4/c1-10(2)17-9-11-7-12(16)8-13(19-3)15(11)21-6-5-14(18)20-4/h7-8,10,17H,5-6,9H2,1-4H3. The number of hydrogen-bond acceptors (Lipinski definition) is 5. The number of carbonyl (C=O) groups is 1. The number of ether oxygens (including phenoxy) is 3. The van der Waals surface area contributed by atoms with Gasteiger partial charge in [0.05, 0.1) is 27.2 Å². The lowest BCUT2D eigenvalue weighted by atomic mass is 10.1. The Hall–Kier alpha value is -1.46. The van der Waals surface area contributed by atoms with Crippen LogP contribution in [0, 0.1) is 0 Å². The average molecular weight is 316 g/mol. The van der Waals surface area contributed by atoms with E-state index in [1.165, 1.54) is 7.11 Å². The topological polar surface area (TPSA) is 56.8 Å².